The molecule has 1 aliphatic heterocycles. The lowest BCUT2D eigenvalue weighted by molar-refractivity contribution is 0.00732. The number of carbonyl (C=O) groups is 1. The predicted octanol–water partition coefficient (Wildman–Crippen LogP) is 2.51. The van der Waals surface area contributed by atoms with E-state index in [1.54, 1.807) is 17.8 Å². The van der Waals surface area contributed by atoms with Gasteiger partial charge in [0.15, 0.2) is 5.65 Å². The fourth-order valence-corrected chi connectivity index (χ4v) is 5.74. The van der Waals surface area contributed by atoms with Gasteiger partial charge < -0.3 is 24.7 Å². The molecule has 3 fully saturated rings. The molecule has 5 heterocycles. The molecule has 180 valence electrons. The maximum atomic E-state index is 13.2. The summed E-state index contributed by atoms with van der Waals surface area (Å²) in [5, 5.41) is 11.8. The Labute approximate surface area is 201 Å². The van der Waals surface area contributed by atoms with E-state index in [1.807, 2.05) is 25.4 Å². The Morgan fingerprint density at radius 3 is 2.83 bits per heavy atom. The number of fused-ring (bicyclic) bond motifs is 3. The van der Waals surface area contributed by atoms with Gasteiger partial charge in [-0.05, 0) is 25.0 Å². The lowest BCUT2D eigenvalue weighted by Crippen LogP contribution is -2.51. The average Bonchev–Trinajstić information content (AvgIpc) is 3.29. The van der Waals surface area contributed by atoms with Gasteiger partial charge in [-0.1, -0.05) is 0 Å². The average molecular weight is 474 g/mol. The Hall–Kier alpha value is -3.50. The van der Waals surface area contributed by atoms with E-state index in [1.165, 1.54) is 0 Å². The summed E-state index contributed by atoms with van der Waals surface area (Å²) in [4.78, 5) is 22.8. The van der Waals surface area contributed by atoms with Crippen molar-refractivity contribution in [3.63, 3.8) is 0 Å². The van der Waals surface area contributed by atoms with Gasteiger partial charge in [-0.3, -0.25) is 4.79 Å². The second-order valence-electron chi connectivity index (χ2n) is 9.68. The first-order valence-electron chi connectivity index (χ1n) is 12.1. The molecule has 10 nitrogen and oxygen atoms in total. The Morgan fingerprint density at radius 2 is 2.09 bits per heavy atom. The summed E-state index contributed by atoms with van der Waals surface area (Å²) in [5.41, 5.74) is 3.68. The number of nitrogens with one attached hydrogen (secondary N) is 2. The number of hydrogen-bond donors (Lipinski definition) is 2. The zero-order chi connectivity index (χ0) is 23.7. The predicted molar refractivity (Wildman–Crippen MR) is 129 cm³/mol. The van der Waals surface area contributed by atoms with Gasteiger partial charge in [-0.15, -0.1) is 0 Å². The van der Waals surface area contributed by atoms with E-state index in [0.29, 0.717) is 29.1 Å². The van der Waals surface area contributed by atoms with Crippen molar-refractivity contribution < 1.29 is 14.3 Å². The van der Waals surface area contributed by atoms with Gasteiger partial charge in [-0.2, -0.15) is 9.61 Å². The summed E-state index contributed by atoms with van der Waals surface area (Å²) >= 11 is 0. The monoisotopic (exact) mass is 473 g/mol. The first-order chi connectivity index (χ1) is 17.2. The molecular weight excluding hydrogens is 446 g/mol. The van der Waals surface area contributed by atoms with Crippen LogP contribution in [-0.2, 0) is 9.47 Å². The molecule has 1 unspecified atom stereocenters. The van der Waals surface area contributed by atoms with Crippen LogP contribution in [0.3, 0.4) is 0 Å². The maximum Gasteiger partial charge on any atom is 0.257 e. The Bertz CT molecular complexity index is 1450. The fraction of sp³-hybridized carbons (Fsp3) is 0.440. The molecule has 0 spiro atoms. The van der Waals surface area contributed by atoms with Crippen LogP contribution in [0.25, 0.3) is 27.9 Å². The minimum absolute atomic E-state index is 0.0143. The molecule has 3 aliphatic rings. The molecule has 5 atom stereocenters. The van der Waals surface area contributed by atoms with Crippen molar-refractivity contribution in [1.29, 1.82) is 0 Å². The third-order valence-electron chi connectivity index (χ3n) is 7.90. The van der Waals surface area contributed by atoms with E-state index in [0.717, 1.165) is 54.2 Å². The lowest BCUT2D eigenvalue weighted by atomic mass is 9.89. The van der Waals surface area contributed by atoms with Crippen LogP contribution in [0.4, 0.5) is 5.82 Å². The molecule has 10 heteroatoms. The number of ether oxygens (including phenoxy) is 2. The molecule has 1 saturated heterocycles. The van der Waals surface area contributed by atoms with E-state index in [4.69, 9.17) is 19.4 Å². The van der Waals surface area contributed by atoms with E-state index >= 15 is 0 Å². The fourth-order valence-electron chi connectivity index (χ4n) is 5.74. The molecule has 2 aliphatic carbocycles. The molecule has 1 amide bonds. The number of rotatable bonds is 6. The number of aromatic nitrogens is 5. The van der Waals surface area contributed by atoms with Crippen LogP contribution in [0.2, 0.25) is 0 Å². The summed E-state index contributed by atoms with van der Waals surface area (Å²) < 4.78 is 15.0. The number of anilines is 1. The summed E-state index contributed by atoms with van der Waals surface area (Å²) in [7, 11) is 3.52. The number of nitrogens with zero attached hydrogens (tertiary/aromatic N) is 5. The number of amides is 1. The van der Waals surface area contributed by atoms with Gasteiger partial charge in [0, 0.05) is 61.4 Å². The van der Waals surface area contributed by atoms with Gasteiger partial charge in [0.2, 0.25) is 0 Å². The topological polar surface area (TPSA) is 108 Å². The largest absolute Gasteiger partial charge is 0.381 e. The van der Waals surface area contributed by atoms with Gasteiger partial charge in [0.05, 0.1) is 37.3 Å². The van der Waals surface area contributed by atoms with Crippen molar-refractivity contribution in [3.8, 4) is 11.3 Å². The van der Waals surface area contributed by atoms with E-state index in [2.05, 4.69) is 32.6 Å². The van der Waals surface area contributed by atoms with Crippen molar-refractivity contribution in [2.75, 3.05) is 32.7 Å². The van der Waals surface area contributed by atoms with Crippen molar-refractivity contribution in [2.45, 2.75) is 31.0 Å². The molecule has 2 saturated carbocycles. The lowest BCUT2D eigenvalue weighted by Gasteiger charge is -2.35. The van der Waals surface area contributed by atoms with E-state index < -0.39 is 0 Å². The van der Waals surface area contributed by atoms with Crippen molar-refractivity contribution >= 4 is 28.4 Å². The van der Waals surface area contributed by atoms with Gasteiger partial charge in [0.1, 0.15) is 17.0 Å². The first kappa shape index (κ1) is 20.8. The summed E-state index contributed by atoms with van der Waals surface area (Å²) in [6.45, 7) is 1.62. The minimum atomic E-state index is -0.187. The van der Waals surface area contributed by atoms with E-state index in [9.17, 15) is 4.79 Å². The van der Waals surface area contributed by atoms with Crippen LogP contribution in [0.1, 0.15) is 29.2 Å². The van der Waals surface area contributed by atoms with Crippen LogP contribution in [0, 0.1) is 11.8 Å². The van der Waals surface area contributed by atoms with Crippen molar-refractivity contribution in [3.05, 3.63) is 42.4 Å². The SMILES string of the molecule is CNc1cc(-c2cn(C3[C@H]4COC[C@@H]34)c3ncccc23)nc2c(C(=O)N[C@H]3CC[C@@H]3OC)cnn12. The highest BCUT2D eigenvalue weighted by atomic mass is 16.5. The minimum Gasteiger partial charge on any atom is -0.381 e. The molecule has 2 N–H and O–H groups in total. The summed E-state index contributed by atoms with van der Waals surface area (Å²) in [6.07, 6.45) is 7.49. The number of methoxy groups -OCH3 is 1. The van der Waals surface area contributed by atoms with E-state index in [-0.39, 0.29) is 18.1 Å². The third kappa shape index (κ3) is 3.09. The zero-order valence-corrected chi connectivity index (χ0v) is 19.6. The van der Waals surface area contributed by atoms with Gasteiger partial charge in [0.25, 0.3) is 5.91 Å². The second-order valence-corrected chi connectivity index (χ2v) is 9.68. The molecule has 4 aromatic heterocycles. The van der Waals surface area contributed by atoms with Gasteiger partial charge >= 0.3 is 0 Å². The number of carbonyl (C=O) groups excluding carboxylic acids is 1. The van der Waals surface area contributed by atoms with Gasteiger partial charge in [-0.25, -0.2) is 9.97 Å². The molecular formula is C25H27N7O3. The summed E-state index contributed by atoms with van der Waals surface area (Å²) in [5.74, 6) is 1.67. The van der Waals surface area contributed by atoms with Crippen LogP contribution in [0.5, 0.6) is 0 Å². The molecule has 0 bridgehead atoms. The van der Waals surface area contributed by atoms with Crippen molar-refractivity contribution in [1.82, 2.24) is 29.5 Å². The Kier molecular flexibility index (Phi) is 4.62. The normalized spacial score (nSPS) is 27.1. The quantitative estimate of drug-likeness (QED) is 0.443. The molecule has 35 heavy (non-hydrogen) atoms. The number of pyridine rings is 1. The second kappa shape index (κ2) is 7.76. The molecule has 4 aromatic rings. The van der Waals surface area contributed by atoms with Crippen LogP contribution >= 0.6 is 0 Å². The molecule has 7 rings (SSSR count). The smallest absolute Gasteiger partial charge is 0.257 e. The summed E-state index contributed by atoms with van der Waals surface area (Å²) in [6, 6.07) is 6.43. The molecule has 0 radical (unpaired) electrons. The number of hydrogen-bond acceptors (Lipinski definition) is 7. The highest BCUT2D eigenvalue weighted by Gasteiger charge is 2.55. The molecule has 0 aromatic carbocycles. The van der Waals surface area contributed by atoms with Crippen LogP contribution < -0.4 is 10.6 Å². The Morgan fingerprint density at radius 1 is 1.23 bits per heavy atom. The maximum absolute atomic E-state index is 13.2. The highest BCUT2D eigenvalue weighted by molar-refractivity contribution is 6.01. The zero-order valence-electron chi connectivity index (χ0n) is 19.6. The highest BCUT2D eigenvalue weighted by Crippen LogP contribution is 2.55. The Balaban J connectivity index is 1.32. The van der Waals surface area contributed by atoms with Crippen LogP contribution in [0.15, 0.2) is 36.8 Å². The van der Waals surface area contributed by atoms with Crippen LogP contribution in [-0.4, -0.2) is 69.6 Å². The first-order valence-corrected chi connectivity index (χ1v) is 12.1. The standard InChI is InChI=1S/C25H27N7O3/c1-26-21-8-19(29-24-14(9-28-32(21)24)25(33)30-18-5-6-20(18)34-2)15-10-31(22-16-11-35-12-17(16)22)23-13(15)4-3-7-27-23/h3-4,7-10,16-18,20,22,26H,5-6,11-12H2,1-2H3,(H,30,33)/t16-,17+,18-,20-,22?/m0/s1. The van der Waals surface area contributed by atoms with Crippen molar-refractivity contribution in [2.24, 2.45) is 11.8 Å². The third-order valence-corrected chi connectivity index (χ3v) is 7.90.